The van der Waals surface area contributed by atoms with Crippen LogP contribution in [0.15, 0.2) is 60.7 Å². The molecule has 6 N–H and O–H groups in total. The summed E-state index contributed by atoms with van der Waals surface area (Å²) in [7, 11) is 3.39. The van der Waals surface area contributed by atoms with Gasteiger partial charge < -0.3 is 36.8 Å². The largest absolute Gasteiger partial charge is 0.345 e. The zero-order chi connectivity index (χ0) is 36.6. The number of amides is 5. The van der Waals surface area contributed by atoms with E-state index >= 15 is 0 Å². The SMILES string of the molecule is CC(C)C[C@@H](CC(=O)[C@@H](Cc1ccccc1)NC(=O)[C@H](N)Cc1ccccc1)C(=O)N[C@H](CCCCN)C(=O)N1CCN(C(=O)N(C)C)CC1. The zero-order valence-corrected chi connectivity index (χ0v) is 30.2. The van der Waals surface area contributed by atoms with E-state index in [2.05, 4.69) is 10.6 Å². The average molecular weight is 692 g/mol. The summed E-state index contributed by atoms with van der Waals surface area (Å²) >= 11 is 0. The van der Waals surface area contributed by atoms with Gasteiger partial charge in [-0.25, -0.2) is 4.79 Å². The Morgan fingerprint density at radius 2 is 1.30 bits per heavy atom. The number of piperazine rings is 1. The summed E-state index contributed by atoms with van der Waals surface area (Å²) < 4.78 is 0. The topological polar surface area (TPSA) is 171 Å². The quantitative estimate of drug-likeness (QED) is 0.174. The van der Waals surface area contributed by atoms with Gasteiger partial charge in [-0.2, -0.15) is 0 Å². The Labute approximate surface area is 297 Å². The van der Waals surface area contributed by atoms with E-state index in [0.29, 0.717) is 64.8 Å². The lowest BCUT2D eigenvalue weighted by Crippen LogP contribution is -2.57. The Balaban J connectivity index is 1.75. The average Bonchev–Trinajstić information content (AvgIpc) is 3.10. The molecule has 0 bridgehead atoms. The van der Waals surface area contributed by atoms with Crippen LogP contribution >= 0.6 is 0 Å². The molecule has 0 radical (unpaired) electrons. The molecule has 12 nitrogen and oxygen atoms in total. The number of nitrogens with two attached hydrogens (primary N) is 2. The molecular weight excluding hydrogens is 634 g/mol. The number of carbonyl (C=O) groups excluding carboxylic acids is 5. The van der Waals surface area contributed by atoms with Crippen LogP contribution in [0.5, 0.6) is 0 Å². The molecule has 50 heavy (non-hydrogen) atoms. The van der Waals surface area contributed by atoms with E-state index in [1.54, 1.807) is 23.9 Å². The van der Waals surface area contributed by atoms with Gasteiger partial charge >= 0.3 is 6.03 Å². The molecule has 1 saturated heterocycles. The summed E-state index contributed by atoms with van der Waals surface area (Å²) in [6.45, 7) is 5.96. The molecule has 5 amide bonds. The van der Waals surface area contributed by atoms with Gasteiger partial charge in [0.2, 0.25) is 17.7 Å². The second kappa shape index (κ2) is 20.4. The second-order valence-corrected chi connectivity index (χ2v) is 13.9. The number of Topliss-reactive ketones (excluding diaryl/α,β-unsaturated/α-hetero) is 1. The van der Waals surface area contributed by atoms with Crippen molar-refractivity contribution in [2.24, 2.45) is 23.3 Å². The number of benzene rings is 2. The summed E-state index contributed by atoms with van der Waals surface area (Å²) in [5, 5.41) is 5.88. The van der Waals surface area contributed by atoms with E-state index in [1.165, 1.54) is 4.90 Å². The van der Waals surface area contributed by atoms with Crippen LogP contribution in [0.1, 0.15) is 57.1 Å². The molecule has 0 aliphatic carbocycles. The van der Waals surface area contributed by atoms with Gasteiger partial charge in [0.15, 0.2) is 5.78 Å². The van der Waals surface area contributed by atoms with E-state index in [4.69, 9.17) is 11.5 Å². The third-order valence-corrected chi connectivity index (χ3v) is 9.00. The van der Waals surface area contributed by atoms with Crippen LogP contribution in [0.2, 0.25) is 0 Å². The third-order valence-electron chi connectivity index (χ3n) is 9.00. The van der Waals surface area contributed by atoms with Crippen molar-refractivity contribution < 1.29 is 24.0 Å². The second-order valence-electron chi connectivity index (χ2n) is 13.9. The van der Waals surface area contributed by atoms with Gasteiger partial charge in [0, 0.05) is 52.6 Å². The molecule has 1 fully saturated rings. The lowest BCUT2D eigenvalue weighted by molar-refractivity contribution is -0.139. The Bertz CT molecular complexity index is 1380. The van der Waals surface area contributed by atoms with Gasteiger partial charge in [-0.3, -0.25) is 19.2 Å². The van der Waals surface area contributed by atoms with Gasteiger partial charge in [-0.05, 0) is 62.1 Å². The minimum Gasteiger partial charge on any atom is -0.345 e. The number of rotatable bonds is 18. The van der Waals surface area contributed by atoms with Crippen LogP contribution in [0.25, 0.3) is 0 Å². The fourth-order valence-electron chi connectivity index (χ4n) is 6.23. The molecule has 1 aliphatic heterocycles. The molecule has 1 aliphatic rings. The fraction of sp³-hybridized carbons (Fsp3) is 0.553. The van der Waals surface area contributed by atoms with Crippen molar-refractivity contribution in [1.82, 2.24) is 25.3 Å². The summed E-state index contributed by atoms with van der Waals surface area (Å²) in [6, 6.07) is 16.2. The van der Waals surface area contributed by atoms with Gasteiger partial charge in [-0.15, -0.1) is 0 Å². The molecule has 0 aromatic heterocycles. The molecule has 12 heteroatoms. The van der Waals surface area contributed by atoms with Gasteiger partial charge in [0.25, 0.3) is 0 Å². The predicted octanol–water partition coefficient (Wildman–Crippen LogP) is 2.35. The summed E-state index contributed by atoms with van der Waals surface area (Å²) in [4.78, 5) is 72.4. The van der Waals surface area contributed by atoms with Crippen molar-refractivity contribution in [3.05, 3.63) is 71.8 Å². The van der Waals surface area contributed by atoms with E-state index in [-0.39, 0.29) is 42.4 Å². The number of carbonyl (C=O) groups is 5. The summed E-state index contributed by atoms with van der Waals surface area (Å²) in [6.07, 6.45) is 2.64. The molecule has 0 spiro atoms. The number of nitrogens with one attached hydrogen (secondary N) is 2. The molecule has 2 aromatic rings. The Hall–Kier alpha value is -4.29. The molecule has 0 unspecified atom stereocenters. The van der Waals surface area contributed by atoms with E-state index < -0.39 is 30.0 Å². The Morgan fingerprint density at radius 3 is 1.84 bits per heavy atom. The summed E-state index contributed by atoms with van der Waals surface area (Å²) in [5.74, 6) is -1.91. The number of nitrogens with zero attached hydrogens (tertiary/aromatic N) is 3. The standard InChI is InChI=1S/C38H57N7O5/c1-27(2)23-30(35(47)41-32(17-11-12-18-39)37(49)44-19-21-45(22-20-44)38(50)43(3)4)26-34(46)33(25-29-15-9-6-10-16-29)42-36(48)31(40)24-28-13-7-5-8-14-28/h5-10,13-16,27,30-33H,11-12,17-26,39-40H2,1-4H3,(H,41,47)(H,42,48)/t30-,31+,32+,33+/m0/s1. The number of hydrogen-bond donors (Lipinski definition) is 4. The first-order valence-corrected chi connectivity index (χ1v) is 17.8. The number of unbranched alkanes of at least 4 members (excludes halogenated alkanes) is 1. The third kappa shape index (κ3) is 12.9. The van der Waals surface area contributed by atoms with Crippen LogP contribution in [-0.2, 0) is 32.0 Å². The minimum absolute atomic E-state index is 0.0914. The molecule has 274 valence electrons. The minimum atomic E-state index is -0.891. The highest BCUT2D eigenvalue weighted by molar-refractivity contribution is 5.95. The van der Waals surface area contributed by atoms with Crippen LogP contribution < -0.4 is 22.1 Å². The van der Waals surface area contributed by atoms with Crippen molar-refractivity contribution in [3.63, 3.8) is 0 Å². The predicted molar refractivity (Wildman–Crippen MR) is 195 cm³/mol. The van der Waals surface area contributed by atoms with Gasteiger partial charge in [0.05, 0.1) is 12.1 Å². The molecule has 0 saturated carbocycles. The highest BCUT2D eigenvalue weighted by atomic mass is 16.2. The molecule has 4 atom stereocenters. The first-order chi connectivity index (χ1) is 23.9. The molecule has 3 rings (SSSR count). The lowest BCUT2D eigenvalue weighted by atomic mass is 9.88. The molecular formula is C38H57N7O5. The first-order valence-electron chi connectivity index (χ1n) is 17.8. The maximum atomic E-state index is 14.0. The van der Waals surface area contributed by atoms with Crippen molar-refractivity contribution in [2.75, 3.05) is 46.8 Å². The fourth-order valence-corrected chi connectivity index (χ4v) is 6.23. The molecule has 1 heterocycles. The van der Waals surface area contributed by atoms with Crippen LogP contribution in [0, 0.1) is 11.8 Å². The summed E-state index contributed by atoms with van der Waals surface area (Å²) in [5.41, 5.74) is 13.8. The van der Waals surface area contributed by atoms with Gasteiger partial charge in [-0.1, -0.05) is 74.5 Å². The van der Waals surface area contributed by atoms with Crippen molar-refractivity contribution in [3.8, 4) is 0 Å². The van der Waals surface area contributed by atoms with Crippen LogP contribution in [0.4, 0.5) is 4.79 Å². The smallest absolute Gasteiger partial charge is 0.319 e. The maximum absolute atomic E-state index is 14.0. The first kappa shape index (κ1) is 40.1. The monoisotopic (exact) mass is 691 g/mol. The highest BCUT2D eigenvalue weighted by Gasteiger charge is 2.34. The number of ketones is 1. The normalized spacial score (nSPS) is 15.5. The maximum Gasteiger partial charge on any atom is 0.319 e. The van der Waals surface area contributed by atoms with E-state index in [1.807, 2.05) is 74.5 Å². The Kier molecular flexibility index (Phi) is 16.4. The zero-order valence-electron chi connectivity index (χ0n) is 30.2. The van der Waals surface area contributed by atoms with E-state index in [9.17, 15) is 24.0 Å². The molecule has 2 aromatic carbocycles. The van der Waals surface area contributed by atoms with Crippen LogP contribution in [0.3, 0.4) is 0 Å². The van der Waals surface area contributed by atoms with Crippen molar-refractivity contribution >= 4 is 29.5 Å². The van der Waals surface area contributed by atoms with Crippen molar-refractivity contribution in [1.29, 1.82) is 0 Å². The highest BCUT2D eigenvalue weighted by Crippen LogP contribution is 2.20. The van der Waals surface area contributed by atoms with Gasteiger partial charge in [0.1, 0.15) is 6.04 Å². The Morgan fingerprint density at radius 1 is 0.760 bits per heavy atom. The number of urea groups is 1. The lowest BCUT2D eigenvalue weighted by Gasteiger charge is -2.37. The van der Waals surface area contributed by atoms with Crippen molar-refractivity contribution in [2.45, 2.75) is 76.9 Å². The number of hydrogen-bond acceptors (Lipinski definition) is 7. The van der Waals surface area contributed by atoms with E-state index in [0.717, 1.165) is 11.1 Å². The van der Waals surface area contributed by atoms with Crippen LogP contribution in [-0.4, -0.2) is 109 Å².